The molecular weight excluding hydrogens is 260 g/mol. The molecule has 0 bridgehead atoms. The minimum Gasteiger partial charge on any atom is -0.379 e. The second-order valence-electron chi connectivity index (χ2n) is 6.34. The van der Waals surface area contributed by atoms with Crippen molar-refractivity contribution < 1.29 is 19.1 Å². The van der Waals surface area contributed by atoms with Crippen LogP contribution >= 0.6 is 0 Å². The van der Waals surface area contributed by atoms with E-state index < -0.39 is 22.9 Å². The fourth-order valence-corrected chi connectivity index (χ4v) is 3.60. The average Bonchev–Trinajstić information content (AvgIpc) is 2.85. The minimum absolute atomic E-state index is 0.320. The quantitative estimate of drug-likeness (QED) is 0.732. The van der Waals surface area contributed by atoms with Gasteiger partial charge in [0.05, 0.1) is 12.1 Å². The van der Waals surface area contributed by atoms with Crippen molar-refractivity contribution in [1.82, 2.24) is 10.2 Å². The molecule has 2 saturated heterocycles. The summed E-state index contributed by atoms with van der Waals surface area (Å²) in [5.41, 5.74) is -1.66. The van der Waals surface area contributed by atoms with E-state index in [4.69, 9.17) is 4.74 Å². The van der Waals surface area contributed by atoms with Gasteiger partial charge in [0.15, 0.2) is 0 Å². The Morgan fingerprint density at radius 2 is 1.80 bits per heavy atom. The first kappa shape index (κ1) is 13.5. The van der Waals surface area contributed by atoms with Crippen LogP contribution in [0.2, 0.25) is 0 Å². The molecule has 1 spiro atoms. The number of hydrogen-bond acceptors (Lipinski definition) is 4. The summed E-state index contributed by atoms with van der Waals surface area (Å²) in [5.74, 6) is -0.732. The van der Waals surface area contributed by atoms with Crippen LogP contribution in [0.1, 0.15) is 45.4 Å². The fraction of sp³-hybridized carbons (Fsp3) is 0.786. The molecule has 110 valence electrons. The summed E-state index contributed by atoms with van der Waals surface area (Å²) in [6.07, 6.45) is 4.45. The smallest absolute Gasteiger partial charge is 0.331 e. The van der Waals surface area contributed by atoms with Crippen LogP contribution in [0.3, 0.4) is 0 Å². The van der Waals surface area contributed by atoms with Crippen molar-refractivity contribution in [3.8, 4) is 0 Å². The van der Waals surface area contributed by atoms with Crippen LogP contribution in [0.15, 0.2) is 0 Å². The highest BCUT2D eigenvalue weighted by Crippen LogP contribution is 2.42. The third-order valence-corrected chi connectivity index (χ3v) is 4.92. The van der Waals surface area contributed by atoms with Crippen LogP contribution in [0, 0.1) is 5.41 Å². The number of barbiturate groups is 1. The molecule has 0 radical (unpaired) electrons. The zero-order chi connectivity index (χ0) is 14.4. The first-order chi connectivity index (χ1) is 9.50. The summed E-state index contributed by atoms with van der Waals surface area (Å²) >= 11 is 0. The third kappa shape index (κ3) is 1.78. The Balaban J connectivity index is 1.96. The predicted molar refractivity (Wildman–Crippen MR) is 69.7 cm³/mol. The molecule has 1 saturated carbocycles. The SMILES string of the molecule is CC1(N2C(=O)NC(=O)C3(CCCCC3)C2=O)CCOC1. The van der Waals surface area contributed by atoms with E-state index in [9.17, 15) is 14.4 Å². The summed E-state index contributed by atoms with van der Waals surface area (Å²) < 4.78 is 5.35. The molecule has 1 aliphatic carbocycles. The lowest BCUT2D eigenvalue weighted by atomic mass is 9.70. The molecule has 3 fully saturated rings. The third-order valence-electron chi connectivity index (χ3n) is 4.92. The minimum atomic E-state index is -1.03. The second kappa shape index (κ2) is 4.55. The molecule has 2 heterocycles. The van der Waals surface area contributed by atoms with Gasteiger partial charge in [-0.05, 0) is 26.2 Å². The molecule has 3 aliphatic rings. The first-order valence-electron chi connectivity index (χ1n) is 7.27. The molecule has 0 aromatic carbocycles. The van der Waals surface area contributed by atoms with E-state index in [2.05, 4.69) is 5.32 Å². The Hall–Kier alpha value is -1.43. The average molecular weight is 280 g/mol. The predicted octanol–water partition coefficient (Wildman–Crippen LogP) is 1.19. The van der Waals surface area contributed by atoms with Crippen LogP contribution < -0.4 is 5.32 Å². The van der Waals surface area contributed by atoms with Crippen LogP contribution in [0.4, 0.5) is 4.79 Å². The Kier molecular flexibility index (Phi) is 3.08. The molecule has 20 heavy (non-hydrogen) atoms. The molecular formula is C14H20N2O4. The van der Waals surface area contributed by atoms with Crippen LogP contribution in [-0.2, 0) is 14.3 Å². The topological polar surface area (TPSA) is 75.7 Å². The number of nitrogens with one attached hydrogen (secondary N) is 1. The van der Waals surface area contributed by atoms with Gasteiger partial charge in [0.1, 0.15) is 5.41 Å². The van der Waals surface area contributed by atoms with E-state index >= 15 is 0 Å². The van der Waals surface area contributed by atoms with Gasteiger partial charge in [0.2, 0.25) is 11.8 Å². The van der Waals surface area contributed by atoms with Gasteiger partial charge in [-0.1, -0.05) is 19.3 Å². The molecule has 3 rings (SSSR count). The molecule has 6 nitrogen and oxygen atoms in total. The van der Waals surface area contributed by atoms with Crippen molar-refractivity contribution in [2.75, 3.05) is 13.2 Å². The van der Waals surface area contributed by atoms with E-state index in [1.807, 2.05) is 6.92 Å². The summed E-state index contributed by atoms with van der Waals surface area (Å²) in [7, 11) is 0. The van der Waals surface area contributed by atoms with Crippen molar-refractivity contribution >= 4 is 17.8 Å². The Labute approximate surface area is 117 Å². The highest BCUT2D eigenvalue weighted by molar-refractivity contribution is 6.19. The molecule has 0 aromatic rings. The van der Waals surface area contributed by atoms with Gasteiger partial charge in [-0.3, -0.25) is 19.8 Å². The number of carbonyl (C=O) groups is 3. The first-order valence-corrected chi connectivity index (χ1v) is 7.27. The van der Waals surface area contributed by atoms with E-state index in [1.165, 1.54) is 4.90 Å². The normalized spacial score (nSPS) is 33.6. The number of nitrogens with zero attached hydrogens (tertiary/aromatic N) is 1. The molecule has 6 heteroatoms. The molecule has 0 aromatic heterocycles. The van der Waals surface area contributed by atoms with Gasteiger partial charge >= 0.3 is 6.03 Å². The van der Waals surface area contributed by atoms with E-state index in [-0.39, 0.29) is 5.91 Å². The van der Waals surface area contributed by atoms with E-state index in [1.54, 1.807) is 0 Å². The monoisotopic (exact) mass is 280 g/mol. The van der Waals surface area contributed by atoms with Gasteiger partial charge < -0.3 is 4.74 Å². The molecule has 4 amide bonds. The highest BCUT2D eigenvalue weighted by atomic mass is 16.5. The summed E-state index contributed by atoms with van der Waals surface area (Å²) in [5, 5.41) is 2.39. The lowest BCUT2D eigenvalue weighted by molar-refractivity contribution is -0.157. The Morgan fingerprint density at radius 1 is 1.10 bits per heavy atom. The lowest BCUT2D eigenvalue weighted by Gasteiger charge is -2.46. The lowest BCUT2D eigenvalue weighted by Crippen LogP contribution is -2.69. The Bertz CT molecular complexity index is 462. The maximum Gasteiger partial charge on any atom is 0.331 e. The number of ether oxygens (including phenoxy) is 1. The van der Waals surface area contributed by atoms with Crippen molar-refractivity contribution in [3.05, 3.63) is 0 Å². The highest BCUT2D eigenvalue weighted by Gasteiger charge is 2.58. The summed E-state index contributed by atoms with van der Waals surface area (Å²) in [6.45, 7) is 2.73. The molecule has 1 unspecified atom stereocenters. The van der Waals surface area contributed by atoms with E-state index in [0.29, 0.717) is 32.5 Å². The maximum atomic E-state index is 12.9. The number of carbonyl (C=O) groups excluding carboxylic acids is 3. The van der Waals surface area contributed by atoms with Crippen molar-refractivity contribution in [2.24, 2.45) is 5.41 Å². The zero-order valence-corrected chi connectivity index (χ0v) is 11.7. The number of amides is 4. The number of hydrogen-bond donors (Lipinski definition) is 1. The molecule has 2 aliphatic heterocycles. The van der Waals surface area contributed by atoms with Crippen LogP contribution in [-0.4, -0.2) is 41.5 Å². The van der Waals surface area contributed by atoms with Gasteiger partial charge in [-0.2, -0.15) is 0 Å². The van der Waals surface area contributed by atoms with E-state index in [0.717, 1.165) is 19.3 Å². The van der Waals surface area contributed by atoms with Gasteiger partial charge in [0.25, 0.3) is 0 Å². The van der Waals surface area contributed by atoms with Crippen molar-refractivity contribution in [3.63, 3.8) is 0 Å². The number of imide groups is 2. The van der Waals surface area contributed by atoms with Gasteiger partial charge in [0, 0.05) is 6.61 Å². The van der Waals surface area contributed by atoms with Crippen molar-refractivity contribution in [2.45, 2.75) is 51.0 Å². The van der Waals surface area contributed by atoms with Gasteiger partial charge in [-0.15, -0.1) is 0 Å². The van der Waals surface area contributed by atoms with Crippen molar-refractivity contribution in [1.29, 1.82) is 0 Å². The Morgan fingerprint density at radius 3 is 2.40 bits per heavy atom. The standard InChI is InChI=1S/C14H20N2O4/c1-13(7-8-20-9-13)16-11(18)14(5-3-2-4-6-14)10(17)15-12(16)19/h2-9H2,1H3,(H,15,17,19). The second-order valence-corrected chi connectivity index (χ2v) is 6.34. The largest absolute Gasteiger partial charge is 0.379 e. The number of urea groups is 1. The van der Waals surface area contributed by atoms with Crippen LogP contribution in [0.5, 0.6) is 0 Å². The number of rotatable bonds is 1. The van der Waals surface area contributed by atoms with Crippen LogP contribution in [0.25, 0.3) is 0 Å². The fourth-order valence-electron chi connectivity index (χ4n) is 3.60. The van der Waals surface area contributed by atoms with Gasteiger partial charge in [-0.25, -0.2) is 4.79 Å². The molecule has 1 atom stereocenters. The summed E-state index contributed by atoms with van der Waals surface area (Å²) in [4.78, 5) is 38.6. The molecule has 1 N–H and O–H groups in total. The maximum absolute atomic E-state index is 12.9. The summed E-state index contributed by atoms with van der Waals surface area (Å²) in [6, 6.07) is -0.593. The zero-order valence-electron chi connectivity index (χ0n) is 11.7.